The van der Waals surface area contributed by atoms with Crippen molar-refractivity contribution in [1.82, 2.24) is 10.2 Å². The fourth-order valence-electron chi connectivity index (χ4n) is 4.45. The zero-order valence-electron chi connectivity index (χ0n) is 18.1. The summed E-state index contributed by atoms with van der Waals surface area (Å²) in [6.07, 6.45) is -0.486. The topological polar surface area (TPSA) is 167 Å². The molecule has 1 amide bonds. The molecule has 2 aliphatic rings. The molecule has 10 nitrogen and oxygen atoms in total. The molecule has 0 aromatic carbocycles. The molecule has 30 heavy (non-hydrogen) atoms. The van der Waals surface area contributed by atoms with Crippen molar-refractivity contribution >= 4 is 23.6 Å². The predicted molar refractivity (Wildman–Crippen MR) is 117 cm³/mol. The molecule has 11 heteroatoms. The maximum Gasteiger partial charge on any atom is 0.237 e. The van der Waals surface area contributed by atoms with Crippen LogP contribution in [0.1, 0.15) is 33.1 Å². The summed E-state index contributed by atoms with van der Waals surface area (Å²) < 4.78 is 5.87. The summed E-state index contributed by atoms with van der Waals surface area (Å²) in [7, 11) is 1.92. The smallest absolute Gasteiger partial charge is 0.237 e. The Kier molecular flexibility index (Phi) is 9.19. The normalized spacial score (nSPS) is 36.8. The van der Waals surface area contributed by atoms with E-state index in [9.17, 15) is 20.1 Å². The molecule has 0 aromatic rings. The number of amides is 1. The van der Waals surface area contributed by atoms with Crippen LogP contribution in [0, 0.1) is 5.92 Å². The van der Waals surface area contributed by atoms with Gasteiger partial charge in [0.1, 0.15) is 29.9 Å². The average molecular weight is 448 g/mol. The number of carbonyl (C=O) groups excluding carboxylic acids is 1. The molecule has 0 aliphatic carbocycles. The third kappa shape index (κ3) is 5.77. The number of hydrogen-bond donors (Lipinski definition) is 6. The van der Waals surface area contributed by atoms with Gasteiger partial charge in [0, 0.05) is 6.54 Å². The Morgan fingerprint density at radius 3 is 2.53 bits per heavy atom. The lowest BCUT2D eigenvalue weighted by Gasteiger charge is -2.44. The molecule has 9 atom stereocenters. The molecule has 0 saturated carbocycles. The summed E-state index contributed by atoms with van der Waals surface area (Å²) in [5.74, 6) is 0.101. The van der Waals surface area contributed by atoms with Gasteiger partial charge >= 0.3 is 0 Å². The molecular formula is C19H37N5O5S. The number of nitrogens with zero attached hydrogens (tertiary/aromatic N) is 2. The Morgan fingerprint density at radius 1 is 1.30 bits per heavy atom. The van der Waals surface area contributed by atoms with Crippen molar-refractivity contribution in [1.29, 1.82) is 0 Å². The second-order valence-electron chi connectivity index (χ2n) is 8.35. The first kappa shape index (κ1) is 25.2. The second-order valence-corrected chi connectivity index (χ2v) is 9.29. The van der Waals surface area contributed by atoms with Crippen LogP contribution < -0.4 is 16.8 Å². The zero-order valence-corrected chi connectivity index (χ0v) is 19.0. The third-order valence-corrected chi connectivity index (χ3v) is 6.86. The number of rotatable bonds is 8. The lowest BCUT2D eigenvalue weighted by molar-refractivity contribution is -0.206. The molecule has 0 bridgehead atoms. The molecule has 174 valence electrons. The first-order valence-corrected chi connectivity index (χ1v) is 11.7. The monoisotopic (exact) mass is 447 g/mol. The molecule has 8 N–H and O–H groups in total. The number of carbonyl (C=O) groups is 1. The number of hydrogen-bond acceptors (Lipinski definition) is 8. The Labute approximate surface area is 182 Å². The number of nitrogens with one attached hydrogen (secondary N) is 1. The van der Waals surface area contributed by atoms with E-state index in [-0.39, 0.29) is 17.9 Å². The molecule has 3 unspecified atom stereocenters. The van der Waals surface area contributed by atoms with Crippen LogP contribution in [0.4, 0.5) is 0 Å². The minimum absolute atomic E-state index is 0.157. The van der Waals surface area contributed by atoms with E-state index in [1.807, 2.05) is 11.9 Å². The Hall–Kier alpha value is -1.11. The SMILES string of the molecule is CCC[C@@H]1C[C@@H](C(=O)N[C@H](C(C)N=C(N)N)[C@H]2OC(SC)[C@H](O)[C@H](O)C2O)N(C)C1. The Balaban J connectivity index is 2.23. The second kappa shape index (κ2) is 11.0. The van der Waals surface area contributed by atoms with Crippen LogP contribution >= 0.6 is 11.8 Å². The highest BCUT2D eigenvalue weighted by Gasteiger charge is 2.48. The van der Waals surface area contributed by atoms with E-state index >= 15 is 0 Å². The van der Waals surface area contributed by atoms with Gasteiger partial charge in [-0.05, 0) is 39.0 Å². The minimum atomic E-state index is -1.42. The van der Waals surface area contributed by atoms with Crippen molar-refractivity contribution in [2.45, 2.75) is 81.1 Å². The average Bonchev–Trinajstić information content (AvgIpc) is 3.05. The van der Waals surface area contributed by atoms with Crippen molar-refractivity contribution in [2.24, 2.45) is 22.4 Å². The largest absolute Gasteiger partial charge is 0.388 e. The van der Waals surface area contributed by atoms with Crippen LogP contribution in [0.15, 0.2) is 4.99 Å². The minimum Gasteiger partial charge on any atom is -0.388 e. The van der Waals surface area contributed by atoms with E-state index in [0.717, 1.165) is 25.8 Å². The number of likely N-dealkylation sites (N-methyl/N-ethyl adjacent to an activating group) is 1. The van der Waals surface area contributed by atoms with Gasteiger partial charge in [0.15, 0.2) is 5.96 Å². The fourth-order valence-corrected chi connectivity index (χ4v) is 5.13. The van der Waals surface area contributed by atoms with E-state index < -0.39 is 41.9 Å². The number of aliphatic imine (C=N–C) groups is 1. The summed E-state index contributed by atoms with van der Waals surface area (Å²) in [4.78, 5) is 19.3. The summed E-state index contributed by atoms with van der Waals surface area (Å²) in [6.45, 7) is 4.68. The van der Waals surface area contributed by atoms with E-state index in [1.54, 1.807) is 13.2 Å². The summed E-state index contributed by atoms with van der Waals surface area (Å²) in [6, 6.07) is -1.73. The number of likely N-dealkylation sites (tertiary alicyclic amines) is 1. The van der Waals surface area contributed by atoms with Crippen molar-refractivity contribution in [3.8, 4) is 0 Å². The Morgan fingerprint density at radius 2 is 1.97 bits per heavy atom. The van der Waals surface area contributed by atoms with Crippen LogP contribution in [0.5, 0.6) is 0 Å². The molecule has 2 aliphatic heterocycles. The molecule has 0 radical (unpaired) electrons. The summed E-state index contributed by atoms with van der Waals surface area (Å²) in [5, 5.41) is 34.0. The molecule has 0 spiro atoms. The summed E-state index contributed by atoms with van der Waals surface area (Å²) in [5.41, 5.74) is 10.3. The zero-order chi connectivity index (χ0) is 22.6. The van der Waals surface area contributed by atoms with Gasteiger partial charge in [-0.15, -0.1) is 11.8 Å². The van der Waals surface area contributed by atoms with Crippen LogP contribution in [-0.2, 0) is 9.53 Å². The summed E-state index contributed by atoms with van der Waals surface area (Å²) >= 11 is 1.21. The number of aliphatic hydroxyl groups is 3. The third-order valence-electron chi connectivity index (χ3n) is 6.01. The quantitative estimate of drug-likeness (QED) is 0.190. The van der Waals surface area contributed by atoms with Gasteiger partial charge in [-0.3, -0.25) is 9.69 Å². The molecule has 2 fully saturated rings. The molecular weight excluding hydrogens is 410 g/mol. The fraction of sp³-hybridized carbons (Fsp3) is 0.895. The molecule has 2 saturated heterocycles. The highest BCUT2D eigenvalue weighted by atomic mass is 32.2. The van der Waals surface area contributed by atoms with Crippen LogP contribution in [0.25, 0.3) is 0 Å². The van der Waals surface area contributed by atoms with Crippen molar-refractivity contribution < 1.29 is 24.9 Å². The first-order valence-electron chi connectivity index (χ1n) is 10.4. The van der Waals surface area contributed by atoms with E-state index in [0.29, 0.717) is 5.92 Å². The van der Waals surface area contributed by atoms with Crippen LogP contribution in [-0.4, -0.2) is 99.9 Å². The van der Waals surface area contributed by atoms with Gasteiger partial charge in [-0.2, -0.15) is 0 Å². The van der Waals surface area contributed by atoms with E-state index in [2.05, 4.69) is 17.2 Å². The lowest BCUT2D eigenvalue weighted by atomic mass is 9.91. The molecule has 2 heterocycles. The maximum absolute atomic E-state index is 13.1. The van der Waals surface area contributed by atoms with Gasteiger partial charge < -0.3 is 36.8 Å². The van der Waals surface area contributed by atoms with Crippen molar-refractivity contribution in [3.63, 3.8) is 0 Å². The van der Waals surface area contributed by atoms with Gasteiger partial charge in [0.25, 0.3) is 0 Å². The van der Waals surface area contributed by atoms with Crippen LogP contribution in [0.2, 0.25) is 0 Å². The maximum atomic E-state index is 13.1. The van der Waals surface area contributed by atoms with Gasteiger partial charge in [-0.1, -0.05) is 13.3 Å². The first-order chi connectivity index (χ1) is 14.1. The highest BCUT2D eigenvalue weighted by Crippen LogP contribution is 2.31. The van der Waals surface area contributed by atoms with Gasteiger partial charge in [0.2, 0.25) is 5.91 Å². The van der Waals surface area contributed by atoms with Crippen molar-refractivity contribution in [2.75, 3.05) is 19.8 Å². The number of thioether (sulfide) groups is 1. The van der Waals surface area contributed by atoms with E-state index in [4.69, 9.17) is 16.2 Å². The Bertz CT molecular complexity index is 606. The van der Waals surface area contributed by atoms with E-state index in [1.165, 1.54) is 11.8 Å². The lowest BCUT2D eigenvalue weighted by Crippen LogP contribution is -2.65. The van der Waals surface area contributed by atoms with Gasteiger partial charge in [0.05, 0.1) is 18.1 Å². The number of guanidine groups is 1. The highest BCUT2D eigenvalue weighted by molar-refractivity contribution is 7.99. The standard InChI is InChI=1S/C19H37N5O5S/c1-5-6-10-7-11(24(3)8-10)17(28)23-12(9(2)22-19(20)21)16-14(26)13(25)15(27)18(29-16)30-4/h9-16,18,25-27H,5-8H2,1-4H3,(H,23,28)(H4,20,21,22)/t9?,10-,11+,12-,13-,14?,15-,16-,18?/m1/s1. The number of aliphatic hydroxyl groups excluding tert-OH is 3. The number of nitrogens with two attached hydrogens (primary N) is 2. The number of ether oxygens (including phenoxy) is 1. The van der Waals surface area contributed by atoms with Crippen LogP contribution in [0.3, 0.4) is 0 Å². The predicted octanol–water partition coefficient (Wildman–Crippen LogP) is -1.58. The molecule has 0 aromatic heterocycles. The van der Waals surface area contributed by atoms with Gasteiger partial charge in [-0.25, -0.2) is 4.99 Å². The van der Waals surface area contributed by atoms with Crippen molar-refractivity contribution in [3.05, 3.63) is 0 Å². The molecule has 2 rings (SSSR count).